The third kappa shape index (κ3) is 4.03. The van der Waals surface area contributed by atoms with Crippen molar-refractivity contribution < 1.29 is 23.2 Å². The Morgan fingerprint density at radius 2 is 2.00 bits per heavy atom. The second-order valence-corrected chi connectivity index (χ2v) is 5.61. The second-order valence-electron chi connectivity index (χ2n) is 5.61. The van der Waals surface area contributed by atoms with Crippen LogP contribution in [0.15, 0.2) is 0 Å². The van der Waals surface area contributed by atoms with Crippen molar-refractivity contribution in [1.82, 2.24) is 24.9 Å². The number of carbonyl (C=O) groups excluding carboxylic acids is 3. The molecule has 2 N–H and O–H groups in total. The van der Waals surface area contributed by atoms with Gasteiger partial charge >= 0.3 is 6.03 Å². The van der Waals surface area contributed by atoms with Crippen LogP contribution in [0.5, 0.6) is 0 Å². The van der Waals surface area contributed by atoms with Gasteiger partial charge < -0.3 is 20.4 Å². The Labute approximate surface area is 142 Å². The van der Waals surface area contributed by atoms with Gasteiger partial charge in [0, 0.05) is 27.2 Å². The van der Waals surface area contributed by atoms with Crippen LogP contribution in [-0.4, -0.2) is 70.7 Å². The number of carbonyl (C=O) groups is 3. The Kier molecular flexibility index (Phi) is 5.55. The molecule has 0 aromatic carbocycles. The van der Waals surface area contributed by atoms with Crippen molar-refractivity contribution in [3.05, 3.63) is 11.4 Å². The van der Waals surface area contributed by atoms with Crippen molar-refractivity contribution in [2.45, 2.75) is 13.3 Å². The summed E-state index contributed by atoms with van der Waals surface area (Å²) in [5, 5.41) is 8.52. The maximum atomic E-state index is 13.0. The molecule has 0 unspecified atom stereocenters. The SMILES string of the molecule is CNC(=O)CN1CCN(C(=O)Nc2c(C(F)F)nn(C)c2C)CC1=O. The molecule has 0 bridgehead atoms. The minimum absolute atomic E-state index is 0.0530. The Balaban J connectivity index is 2.04. The van der Waals surface area contributed by atoms with Crippen molar-refractivity contribution in [3.63, 3.8) is 0 Å². The normalized spacial score (nSPS) is 14.9. The molecule has 0 radical (unpaired) electrons. The summed E-state index contributed by atoms with van der Waals surface area (Å²) in [7, 11) is 2.96. The van der Waals surface area contributed by atoms with E-state index >= 15 is 0 Å². The van der Waals surface area contributed by atoms with Crippen molar-refractivity contribution >= 4 is 23.5 Å². The first-order valence-corrected chi connectivity index (χ1v) is 7.60. The van der Waals surface area contributed by atoms with Gasteiger partial charge in [0.15, 0.2) is 5.69 Å². The number of aryl methyl sites for hydroxylation is 1. The molecule has 1 fully saturated rings. The Morgan fingerprint density at radius 3 is 2.56 bits per heavy atom. The Bertz CT molecular complexity index is 690. The number of alkyl halides is 2. The van der Waals surface area contributed by atoms with Crippen LogP contribution < -0.4 is 10.6 Å². The number of nitrogens with zero attached hydrogens (tertiary/aromatic N) is 4. The van der Waals surface area contributed by atoms with E-state index in [0.29, 0.717) is 5.69 Å². The first kappa shape index (κ1) is 18.6. The monoisotopic (exact) mass is 358 g/mol. The number of piperazine rings is 1. The van der Waals surface area contributed by atoms with Gasteiger partial charge in [0.2, 0.25) is 11.8 Å². The van der Waals surface area contributed by atoms with Crippen LogP contribution in [0.25, 0.3) is 0 Å². The lowest BCUT2D eigenvalue weighted by Crippen LogP contribution is -2.55. The highest BCUT2D eigenvalue weighted by Crippen LogP contribution is 2.28. The van der Waals surface area contributed by atoms with Gasteiger partial charge in [-0.1, -0.05) is 0 Å². The molecule has 9 nitrogen and oxygen atoms in total. The lowest BCUT2D eigenvalue weighted by Gasteiger charge is -2.33. The van der Waals surface area contributed by atoms with Crippen LogP contribution in [0.1, 0.15) is 17.8 Å². The molecular formula is C14H20F2N6O3. The number of rotatable bonds is 4. The van der Waals surface area contributed by atoms with Gasteiger partial charge in [-0.2, -0.15) is 5.10 Å². The lowest BCUT2D eigenvalue weighted by molar-refractivity contribution is -0.138. The maximum Gasteiger partial charge on any atom is 0.322 e. The Morgan fingerprint density at radius 1 is 1.32 bits per heavy atom. The predicted molar refractivity (Wildman–Crippen MR) is 84.1 cm³/mol. The van der Waals surface area contributed by atoms with Gasteiger partial charge in [-0.3, -0.25) is 14.3 Å². The van der Waals surface area contributed by atoms with E-state index in [0.717, 1.165) is 0 Å². The summed E-state index contributed by atoms with van der Waals surface area (Å²) in [6.07, 6.45) is -2.83. The summed E-state index contributed by atoms with van der Waals surface area (Å²) >= 11 is 0. The lowest BCUT2D eigenvalue weighted by atomic mass is 10.3. The topological polar surface area (TPSA) is 99.6 Å². The fourth-order valence-corrected chi connectivity index (χ4v) is 2.43. The van der Waals surface area contributed by atoms with E-state index in [1.807, 2.05) is 0 Å². The molecule has 11 heteroatoms. The molecule has 2 rings (SSSR count). The number of amides is 4. The molecule has 0 spiro atoms. The minimum atomic E-state index is -2.83. The standard InChI is InChI=1S/C14H20F2N6O3/c1-8-11(12(13(15)16)19-20(8)3)18-14(25)22-5-4-21(10(24)7-22)6-9(23)17-2/h13H,4-7H2,1-3H3,(H,17,23)(H,18,25). The number of likely N-dealkylation sites (N-methyl/N-ethyl adjacent to an activating group) is 1. The van der Waals surface area contributed by atoms with Gasteiger partial charge in [0.05, 0.1) is 17.9 Å². The van der Waals surface area contributed by atoms with E-state index in [4.69, 9.17) is 0 Å². The number of urea groups is 1. The van der Waals surface area contributed by atoms with E-state index in [-0.39, 0.29) is 43.7 Å². The van der Waals surface area contributed by atoms with E-state index in [9.17, 15) is 23.2 Å². The number of hydrogen-bond donors (Lipinski definition) is 2. The maximum absolute atomic E-state index is 13.0. The minimum Gasteiger partial charge on any atom is -0.358 e. The highest BCUT2D eigenvalue weighted by atomic mass is 19.3. The molecule has 0 aliphatic carbocycles. The highest BCUT2D eigenvalue weighted by Gasteiger charge is 2.30. The second kappa shape index (κ2) is 7.45. The van der Waals surface area contributed by atoms with Crippen LogP contribution >= 0.6 is 0 Å². The number of nitrogens with one attached hydrogen (secondary N) is 2. The molecule has 4 amide bonds. The third-order valence-corrected chi connectivity index (χ3v) is 4.02. The van der Waals surface area contributed by atoms with Crippen LogP contribution in [0.2, 0.25) is 0 Å². The molecule has 1 aliphatic rings. The summed E-state index contributed by atoms with van der Waals surface area (Å²) in [6, 6.07) is -0.661. The summed E-state index contributed by atoms with van der Waals surface area (Å²) in [4.78, 5) is 38.3. The summed E-state index contributed by atoms with van der Waals surface area (Å²) in [5.74, 6) is -0.694. The smallest absolute Gasteiger partial charge is 0.322 e. The highest BCUT2D eigenvalue weighted by molar-refractivity contribution is 5.94. The Hall–Kier alpha value is -2.72. The van der Waals surface area contributed by atoms with Crippen LogP contribution in [0.3, 0.4) is 0 Å². The van der Waals surface area contributed by atoms with Gasteiger partial charge in [0.1, 0.15) is 6.54 Å². The molecule has 0 atom stereocenters. The van der Waals surface area contributed by atoms with Crippen molar-refractivity contribution in [2.75, 3.05) is 38.5 Å². The fourth-order valence-electron chi connectivity index (χ4n) is 2.43. The molecule has 138 valence electrons. The number of hydrogen-bond acceptors (Lipinski definition) is 4. The molecule has 0 saturated carbocycles. The zero-order valence-corrected chi connectivity index (χ0v) is 14.2. The van der Waals surface area contributed by atoms with Crippen LogP contribution in [0, 0.1) is 6.92 Å². The third-order valence-electron chi connectivity index (χ3n) is 4.02. The largest absolute Gasteiger partial charge is 0.358 e. The number of anilines is 1. The van der Waals surface area contributed by atoms with Crippen LogP contribution in [0.4, 0.5) is 19.3 Å². The predicted octanol–water partition coefficient (Wildman–Crippen LogP) is 0.0882. The molecule has 1 aromatic rings. The average Bonchev–Trinajstić information content (AvgIpc) is 2.85. The van der Waals surface area contributed by atoms with Gasteiger partial charge in [-0.15, -0.1) is 0 Å². The van der Waals surface area contributed by atoms with E-state index < -0.39 is 18.2 Å². The zero-order valence-electron chi connectivity index (χ0n) is 14.2. The molecule has 2 heterocycles. The molecular weight excluding hydrogens is 338 g/mol. The van der Waals surface area contributed by atoms with Gasteiger partial charge in [0.25, 0.3) is 6.43 Å². The summed E-state index contributed by atoms with van der Waals surface area (Å²) in [6.45, 7) is 1.63. The molecule has 1 aliphatic heterocycles. The van der Waals surface area contributed by atoms with Gasteiger partial charge in [-0.25, -0.2) is 13.6 Å². The average molecular weight is 358 g/mol. The number of aromatic nitrogens is 2. The van der Waals surface area contributed by atoms with Crippen LogP contribution in [-0.2, 0) is 16.6 Å². The summed E-state index contributed by atoms with van der Waals surface area (Å²) < 4.78 is 27.3. The van der Waals surface area contributed by atoms with E-state index in [2.05, 4.69) is 15.7 Å². The van der Waals surface area contributed by atoms with Gasteiger partial charge in [-0.05, 0) is 6.92 Å². The van der Waals surface area contributed by atoms with E-state index in [1.165, 1.54) is 28.6 Å². The van der Waals surface area contributed by atoms with Crippen molar-refractivity contribution in [2.24, 2.45) is 7.05 Å². The quantitative estimate of drug-likeness (QED) is 0.797. The molecule has 1 aromatic heterocycles. The van der Waals surface area contributed by atoms with Crippen molar-refractivity contribution in [3.8, 4) is 0 Å². The first-order valence-electron chi connectivity index (χ1n) is 7.60. The summed E-state index contributed by atoms with van der Waals surface area (Å²) in [5.41, 5.74) is -0.186. The first-order chi connectivity index (χ1) is 11.7. The molecule has 25 heavy (non-hydrogen) atoms. The molecule has 1 saturated heterocycles. The van der Waals surface area contributed by atoms with E-state index in [1.54, 1.807) is 6.92 Å². The number of halogens is 2. The zero-order chi connectivity index (χ0) is 18.7. The fraction of sp³-hybridized carbons (Fsp3) is 0.571. The van der Waals surface area contributed by atoms with Crippen molar-refractivity contribution in [1.29, 1.82) is 0 Å².